The summed E-state index contributed by atoms with van der Waals surface area (Å²) in [4.78, 5) is 47.2. The summed E-state index contributed by atoms with van der Waals surface area (Å²) in [5.74, 6) is -1.18. The molecule has 0 aliphatic heterocycles. The predicted octanol–water partition coefficient (Wildman–Crippen LogP) is 5.55. The number of hydrogen-bond donors (Lipinski definition) is 2. The number of amides is 2. The van der Waals surface area contributed by atoms with Crippen molar-refractivity contribution < 1.29 is 19.4 Å². The molecule has 0 heterocycles. The van der Waals surface area contributed by atoms with Crippen molar-refractivity contribution in [1.29, 1.82) is 0 Å². The van der Waals surface area contributed by atoms with E-state index in [2.05, 4.69) is 10.6 Å². The van der Waals surface area contributed by atoms with Crippen LogP contribution in [0.3, 0.4) is 0 Å². The topological polar surface area (TPSA) is 144 Å². The van der Waals surface area contributed by atoms with Crippen LogP contribution in [0.15, 0.2) is 36.4 Å². The summed E-state index contributed by atoms with van der Waals surface area (Å²) in [6.45, 7) is 6.26. The van der Waals surface area contributed by atoms with Gasteiger partial charge in [0.1, 0.15) is 11.1 Å². The average molecular weight is 537 g/mol. The van der Waals surface area contributed by atoms with Gasteiger partial charge in [-0.2, -0.15) is 0 Å². The molecule has 0 bridgehead atoms. The van der Waals surface area contributed by atoms with Crippen LogP contribution in [0.1, 0.15) is 60.7 Å². The third kappa shape index (κ3) is 6.50. The summed E-state index contributed by atoms with van der Waals surface area (Å²) in [5.41, 5.74) is -1.62. The van der Waals surface area contributed by atoms with E-state index in [1.165, 1.54) is 24.3 Å². The van der Waals surface area contributed by atoms with Gasteiger partial charge in [-0.05, 0) is 54.4 Å². The molecule has 0 saturated heterocycles. The molecular formula is C24H26Cl2N4O6. The van der Waals surface area contributed by atoms with Crippen molar-refractivity contribution in [3.05, 3.63) is 77.8 Å². The molecule has 2 aromatic rings. The number of nitro groups is 2. The number of hydrogen-bond acceptors (Lipinski definition) is 6. The zero-order chi connectivity index (χ0) is 26.8. The van der Waals surface area contributed by atoms with E-state index >= 15 is 0 Å². The van der Waals surface area contributed by atoms with Gasteiger partial charge in [0, 0.05) is 34.8 Å². The minimum absolute atomic E-state index is 0.0853. The Morgan fingerprint density at radius 1 is 0.917 bits per heavy atom. The molecule has 10 nitrogen and oxygen atoms in total. The van der Waals surface area contributed by atoms with Gasteiger partial charge in [0.2, 0.25) is 0 Å². The van der Waals surface area contributed by atoms with Gasteiger partial charge in [-0.15, -0.1) is 0 Å². The number of halogens is 2. The molecule has 2 aromatic carbocycles. The molecule has 192 valence electrons. The molecule has 36 heavy (non-hydrogen) atoms. The lowest BCUT2D eigenvalue weighted by molar-refractivity contribution is -0.385. The first-order valence-electron chi connectivity index (χ1n) is 11.2. The van der Waals surface area contributed by atoms with Gasteiger partial charge in [-0.1, -0.05) is 44.0 Å². The van der Waals surface area contributed by atoms with E-state index < -0.39 is 27.1 Å². The highest BCUT2D eigenvalue weighted by Gasteiger charge is 2.42. The summed E-state index contributed by atoms with van der Waals surface area (Å²) < 4.78 is 0. The Kier molecular flexibility index (Phi) is 7.90. The highest BCUT2D eigenvalue weighted by Crippen LogP contribution is 2.46. The molecule has 0 radical (unpaired) electrons. The number of nitrogens with one attached hydrogen (secondary N) is 2. The van der Waals surface area contributed by atoms with Crippen molar-refractivity contribution in [2.24, 2.45) is 10.8 Å². The second-order valence-corrected chi connectivity index (χ2v) is 11.1. The van der Waals surface area contributed by atoms with Crippen LogP contribution >= 0.6 is 23.2 Å². The van der Waals surface area contributed by atoms with Crippen LogP contribution < -0.4 is 10.6 Å². The number of carbonyl (C=O) groups is 2. The van der Waals surface area contributed by atoms with Gasteiger partial charge in [-0.3, -0.25) is 29.8 Å². The molecular weight excluding hydrogens is 511 g/mol. The van der Waals surface area contributed by atoms with Crippen molar-refractivity contribution in [2.45, 2.75) is 46.1 Å². The summed E-state index contributed by atoms with van der Waals surface area (Å²) in [7, 11) is 0. The molecule has 2 amide bonds. The van der Waals surface area contributed by atoms with Crippen molar-refractivity contribution >= 4 is 46.4 Å². The first-order chi connectivity index (χ1) is 16.7. The van der Waals surface area contributed by atoms with Gasteiger partial charge >= 0.3 is 0 Å². The maximum Gasteiger partial charge on any atom is 0.283 e. The van der Waals surface area contributed by atoms with E-state index in [-0.39, 0.29) is 50.5 Å². The van der Waals surface area contributed by atoms with Crippen LogP contribution in [-0.4, -0.2) is 34.2 Å². The van der Waals surface area contributed by atoms with Gasteiger partial charge < -0.3 is 10.6 Å². The SMILES string of the molecule is CC1(C)C[C@H](NC(=O)c2ccc(Cl)cc2[N+](=O)[O-])C[C@@](C)(CNC(=O)c2ccc(Cl)cc2[N+](=O)[O-])C1. The molecule has 12 heteroatoms. The molecule has 2 N–H and O–H groups in total. The van der Waals surface area contributed by atoms with Crippen LogP contribution in [0.4, 0.5) is 11.4 Å². The van der Waals surface area contributed by atoms with E-state index in [9.17, 15) is 29.8 Å². The van der Waals surface area contributed by atoms with Crippen LogP contribution in [0.2, 0.25) is 10.0 Å². The summed E-state index contributed by atoms with van der Waals surface area (Å²) in [5, 5.41) is 28.8. The fourth-order valence-electron chi connectivity index (χ4n) is 5.22. The number of benzene rings is 2. The lowest BCUT2D eigenvalue weighted by Gasteiger charge is -2.47. The Morgan fingerprint density at radius 3 is 1.92 bits per heavy atom. The largest absolute Gasteiger partial charge is 0.351 e. The Labute approximate surface area is 217 Å². The zero-order valence-electron chi connectivity index (χ0n) is 20.0. The molecule has 1 aliphatic rings. The third-order valence-corrected chi connectivity index (χ3v) is 6.73. The van der Waals surface area contributed by atoms with E-state index in [4.69, 9.17) is 23.2 Å². The average Bonchev–Trinajstić information content (AvgIpc) is 2.75. The second kappa shape index (κ2) is 10.4. The maximum atomic E-state index is 12.9. The second-order valence-electron chi connectivity index (χ2n) is 10.3. The number of nitro benzene ring substituents is 2. The van der Waals surface area contributed by atoms with Crippen LogP contribution in [0.25, 0.3) is 0 Å². The monoisotopic (exact) mass is 536 g/mol. The fourth-order valence-corrected chi connectivity index (χ4v) is 5.55. The lowest BCUT2D eigenvalue weighted by Crippen LogP contribution is -2.50. The van der Waals surface area contributed by atoms with Crippen LogP contribution in [0, 0.1) is 31.1 Å². The van der Waals surface area contributed by atoms with E-state index in [0.29, 0.717) is 12.8 Å². The molecule has 2 atom stereocenters. The first-order valence-corrected chi connectivity index (χ1v) is 11.9. The van der Waals surface area contributed by atoms with Crippen molar-refractivity contribution in [3.8, 4) is 0 Å². The molecule has 3 rings (SSSR count). The maximum absolute atomic E-state index is 12.9. The van der Waals surface area contributed by atoms with Gasteiger partial charge in [0.05, 0.1) is 9.85 Å². The van der Waals surface area contributed by atoms with Crippen molar-refractivity contribution in [1.82, 2.24) is 10.6 Å². The fraction of sp³-hybridized carbons (Fsp3) is 0.417. The quantitative estimate of drug-likeness (QED) is 0.350. The first kappa shape index (κ1) is 27.3. The minimum Gasteiger partial charge on any atom is -0.351 e. The Morgan fingerprint density at radius 2 is 1.42 bits per heavy atom. The molecule has 1 aliphatic carbocycles. The number of rotatable bonds is 7. The number of nitrogens with zero attached hydrogens (tertiary/aromatic N) is 2. The molecule has 0 unspecified atom stereocenters. The standard InChI is InChI=1S/C24H26Cl2N4O6/c1-23(2)10-16(28-22(32)18-7-5-15(26)9-20(18)30(35)36)11-24(3,12-23)13-27-21(31)17-6-4-14(25)8-19(17)29(33)34/h4-9,16H,10-13H2,1-3H3,(H,27,31)(H,28,32)/t16-,24+/m0/s1. The highest BCUT2D eigenvalue weighted by molar-refractivity contribution is 6.31. The Hall–Kier alpha value is -3.24. The Bertz CT molecular complexity index is 1240. The smallest absolute Gasteiger partial charge is 0.283 e. The summed E-state index contributed by atoms with van der Waals surface area (Å²) in [6.07, 6.45) is 1.84. The van der Waals surface area contributed by atoms with Gasteiger partial charge in [-0.25, -0.2) is 0 Å². The molecule has 1 saturated carbocycles. The van der Waals surface area contributed by atoms with Crippen LogP contribution in [0.5, 0.6) is 0 Å². The minimum atomic E-state index is -0.659. The van der Waals surface area contributed by atoms with Crippen molar-refractivity contribution in [3.63, 3.8) is 0 Å². The van der Waals surface area contributed by atoms with Crippen molar-refractivity contribution in [2.75, 3.05) is 6.54 Å². The van der Waals surface area contributed by atoms with Gasteiger partial charge in [0.15, 0.2) is 0 Å². The highest BCUT2D eigenvalue weighted by atomic mass is 35.5. The normalized spacial score (nSPS) is 20.9. The Balaban J connectivity index is 1.75. The number of carbonyl (C=O) groups excluding carboxylic acids is 2. The van der Waals surface area contributed by atoms with Gasteiger partial charge in [0.25, 0.3) is 23.2 Å². The summed E-state index contributed by atoms with van der Waals surface area (Å²) >= 11 is 11.7. The van der Waals surface area contributed by atoms with E-state index in [0.717, 1.165) is 18.6 Å². The van der Waals surface area contributed by atoms with E-state index in [1.54, 1.807) is 0 Å². The lowest BCUT2D eigenvalue weighted by atomic mass is 9.62. The van der Waals surface area contributed by atoms with Crippen LogP contribution in [-0.2, 0) is 0 Å². The molecule has 1 fully saturated rings. The zero-order valence-corrected chi connectivity index (χ0v) is 21.5. The summed E-state index contributed by atoms with van der Waals surface area (Å²) in [6, 6.07) is 7.41. The van der Waals surface area contributed by atoms with E-state index in [1.807, 2.05) is 20.8 Å². The third-order valence-electron chi connectivity index (χ3n) is 6.26. The molecule has 0 aromatic heterocycles. The molecule has 0 spiro atoms. The predicted molar refractivity (Wildman–Crippen MR) is 136 cm³/mol.